The number of benzene rings is 4. The van der Waals surface area contributed by atoms with Gasteiger partial charge in [0, 0.05) is 16.5 Å². The molecule has 0 saturated heterocycles. The summed E-state index contributed by atoms with van der Waals surface area (Å²) in [7, 11) is 0. The Kier molecular flexibility index (Phi) is 3.46. The summed E-state index contributed by atoms with van der Waals surface area (Å²) in [6.07, 6.45) is 0. The zero-order chi connectivity index (χ0) is 17.3. The Morgan fingerprint density at radius 3 is 2.08 bits per heavy atom. The van der Waals surface area contributed by atoms with Crippen LogP contribution in [0, 0.1) is 0 Å². The molecule has 1 heterocycles. The summed E-state index contributed by atoms with van der Waals surface area (Å²) in [5, 5.41) is 3.44. The molecule has 2 nitrogen and oxygen atoms in total. The van der Waals surface area contributed by atoms with Crippen molar-refractivity contribution in [3.05, 3.63) is 97.1 Å². The van der Waals surface area contributed by atoms with Gasteiger partial charge in [-0.05, 0) is 16.8 Å². The Bertz CT molecular complexity index is 1220. The minimum Gasteiger partial charge on any atom is -0.228 e. The van der Waals surface area contributed by atoms with Crippen molar-refractivity contribution < 1.29 is 0 Å². The minimum absolute atomic E-state index is 0.763. The van der Waals surface area contributed by atoms with Crippen molar-refractivity contribution in [3.8, 4) is 22.6 Å². The highest BCUT2D eigenvalue weighted by Crippen LogP contribution is 2.31. The zero-order valence-corrected chi connectivity index (χ0v) is 14.1. The first-order chi connectivity index (χ1) is 12.9. The molecule has 0 N–H and O–H groups in total. The fourth-order valence-corrected chi connectivity index (χ4v) is 3.43. The van der Waals surface area contributed by atoms with Gasteiger partial charge in [-0.15, -0.1) is 0 Å². The molecule has 5 aromatic rings. The standard InChI is InChI=1S/C24H16N2/c1-2-10-18(11-3-1)23-21-14-6-7-16-22(21)25-24(26-23)20-15-8-12-17-9-4-5-13-19(17)20/h1-16H. The van der Waals surface area contributed by atoms with Crippen molar-refractivity contribution >= 4 is 21.7 Å². The van der Waals surface area contributed by atoms with Crippen molar-refractivity contribution in [1.29, 1.82) is 0 Å². The summed E-state index contributed by atoms with van der Waals surface area (Å²) in [5.41, 5.74) is 4.10. The molecule has 1 aromatic heterocycles. The quantitative estimate of drug-likeness (QED) is 0.389. The molecule has 122 valence electrons. The predicted molar refractivity (Wildman–Crippen MR) is 108 cm³/mol. The van der Waals surface area contributed by atoms with Gasteiger partial charge in [0.25, 0.3) is 0 Å². The maximum atomic E-state index is 4.98. The molecule has 0 saturated carbocycles. The van der Waals surface area contributed by atoms with Gasteiger partial charge in [-0.25, -0.2) is 9.97 Å². The number of aromatic nitrogens is 2. The van der Waals surface area contributed by atoms with E-state index in [2.05, 4.69) is 66.7 Å². The number of hydrogen-bond donors (Lipinski definition) is 0. The van der Waals surface area contributed by atoms with Crippen LogP contribution >= 0.6 is 0 Å². The number of fused-ring (bicyclic) bond motifs is 2. The Balaban J connectivity index is 1.84. The zero-order valence-electron chi connectivity index (χ0n) is 14.1. The molecule has 0 fully saturated rings. The first-order valence-electron chi connectivity index (χ1n) is 8.70. The molecular weight excluding hydrogens is 316 g/mol. The van der Waals surface area contributed by atoms with Crippen molar-refractivity contribution in [3.63, 3.8) is 0 Å². The van der Waals surface area contributed by atoms with Crippen LogP contribution in [0.15, 0.2) is 97.1 Å². The van der Waals surface area contributed by atoms with Gasteiger partial charge in [0.2, 0.25) is 0 Å². The second kappa shape index (κ2) is 6.08. The molecule has 4 aromatic carbocycles. The van der Waals surface area contributed by atoms with Crippen molar-refractivity contribution in [1.82, 2.24) is 9.97 Å². The van der Waals surface area contributed by atoms with Crippen LogP contribution in [0.1, 0.15) is 0 Å². The third kappa shape index (κ3) is 2.44. The summed E-state index contributed by atoms with van der Waals surface area (Å²) in [6, 6.07) is 33.2. The second-order valence-electron chi connectivity index (χ2n) is 6.31. The summed E-state index contributed by atoms with van der Waals surface area (Å²) in [4.78, 5) is 9.85. The Morgan fingerprint density at radius 1 is 0.500 bits per heavy atom. The summed E-state index contributed by atoms with van der Waals surface area (Å²) in [5.74, 6) is 0.763. The Morgan fingerprint density at radius 2 is 1.19 bits per heavy atom. The minimum atomic E-state index is 0.763. The predicted octanol–water partition coefficient (Wildman–Crippen LogP) is 6.12. The van der Waals surface area contributed by atoms with Crippen LogP contribution in [0.5, 0.6) is 0 Å². The second-order valence-corrected chi connectivity index (χ2v) is 6.31. The normalized spacial score (nSPS) is 11.1. The van der Waals surface area contributed by atoms with Crippen LogP contribution in [0.25, 0.3) is 44.3 Å². The Labute approximate surface area is 151 Å². The largest absolute Gasteiger partial charge is 0.228 e. The van der Waals surface area contributed by atoms with E-state index in [1.54, 1.807) is 0 Å². The van der Waals surface area contributed by atoms with Crippen molar-refractivity contribution in [2.24, 2.45) is 0 Å². The van der Waals surface area contributed by atoms with Gasteiger partial charge in [-0.1, -0.05) is 91.0 Å². The maximum Gasteiger partial charge on any atom is 0.161 e. The van der Waals surface area contributed by atoms with Gasteiger partial charge < -0.3 is 0 Å². The lowest BCUT2D eigenvalue weighted by Crippen LogP contribution is -1.95. The van der Waals surface area contributed by atoms with E-state index < -0.39 is 0 Å². The molecule has 0 amide bonds. The van der Waals surface area contributed by atoms with Crippen molar-refractivity contribution in [2.75, 3.05) is 0 Å². The average molecular weight is 332 g/mol. The van der Waals surface area contributed by atoms with Crippen LogP contribution in [-0.4, -0.2) is 9.97 Å². The van der Waals surface area contributed by atoms with Crippen LogP contribution in [0.2, 0.25) is 0 Å². The van der Waals surface area contributed by atoms with Gasteiger partial charge in [0.05, 0.1) is 11.2 Å². The molecule has 26 heavy (non-hydrogen) atoms. The highest BCUT2D eigenvalue weighted by Gasteiger charge is 2.12. The highest BCUT2D eigenvalue weighted by atomic mass is 14.9. The molecule has 0 radical (unpaired) electrons. The summed E-state index contributed by atoms with van der Waals surface area (Å²) < 4.78 is 0. The SMILES string of the molecule is c1ccc(-c2nc(-c3cccc4ccccc34)nc3ccccc23)cc1. The van der Waals surface area contributed by atoms with Gasteiger partial charge in [-0.3, -0.25) is 0 Å². The fraction of sp³-hybridized carbons (Fsp3) is 0. The highest BCUT2D eigenvalue weighted by molar-refractivity contribution is 5.98. The van der Waals surface area contributed by atoms with E-state index in [-0.39, 0.29) is 0 Å². The van der Waals surface area contributed by atoms with Crippen LogP contribution in [0.4, 0.5) is 0 Å². The molecule has 0 unspecified atom stereocenters. The monoisotopic (exact) mass is 332 g/mol. The van der Waals surface area contributed by atoms with E-state index in [9.17, 15) is 0 Å². The average Bonchev–Trinajstić information content (AvgIpc) is 2.73. The van der Waals surface area contributed by atoms with E-state index in [4.69, 9.17) is 9.97 Å². The third-order valence-electron chi connectivity index (χ3n) is 4.68. The number of rotatable bonds is 2. The lowest BCUT2D eigenvalue weighted by atomic mass is 10.0. The van der Waals surface area contributed by atoms with E-state index in [1.165, 1.54) is 10.8 Å². The first kappa shape index (κ1) is 14.8. The molecule has 0 atom stereocenters. The van der Waals surface area contributed by atoms with Gasteiger partial charge in [0.15, 0.2) is 5.82 Å². The van der Waals surface area contributed by atoms with E-state index >= 15 is 0 Å². The lowest BCUT2D eigenvalue weighted by Gasteiger charge is -2.11. The smallest absolute Gasteiger partial charge is 0.161 e. The third-order valence-corrected chi connectivity index (χ3v) is 4.68. The number of nitrogens with zero attached hydrogens (tertiary/aromatic N) is 2. The van der Waals surface area contributed by atoms with E-state index in [1.807, 2.05) is 30.3 Å². The van der Waals surface area contributed by atoms with Crippen LogP contribution in [-0.2, 0) is 0 Å². The maximum absolute atomic E-state index is 4.98. The summed E-state index contributed by atoms with van der Waals surface area (Å²) >= 11 is 0. The van der Waals surface area contributed by atoms with Crippen LogP contribution in [0.3, 0.4) is 0 Å². The molecule has 0 aliphatic heterocycles. The van der Waals surface area contributed by atoms with E-state index in [0.717, 1.165) is 33.5 Å². The number of hydrogen-bond acceptors (Lipinski definition) is 2. The van der Waals surface area contributed by atoms with Gasteiger partial charge in [0.1, 0.15) is 0 Å². The number of para-hydroxylation sites is 1. The molecular formula is C24H16N2. The molecule has 0 aliphatic rings. The molecule has 0 spiro atoms. The van der Waals surface area contributed by atoms with Gasteiger partial charge >= 0.3 is 0 Å². The topological polar surface area (TPSA) is 25.8 Å². The Hall–Kier alpha value is -3.52. The molecule has 5 rings (SSSR count). The van der Waals surface area contributed by atoms with Crippen molar-refractivity contribution in [2.45, 2.75) is 0 Å². The van der Waals surface area contributed by atoms with E-state index in [0.29, 0.717) is 0 Å². The summed E-state index contributed by atoms with van der Waals surface area (Å²) in [6.45, 7) is 0. The lowest BCUT2D eigenvalue weighted by molar-refractivity contribution is 1.23. The molecule has 2 heteroatoms. The molecule has 0 bridgehead atoms. The van der Waals surface area contributed by atoms with Crippen LogP contribution < -0.4 is 0 Å². The first-order valence-corrected chi connectivity index (χ1v) is 8.70. The fourth-order valence-electron chi connectivity index (χ4n) is 3.43. The molecule has 0 aliphatic carbocycles. The van der Waals surface area contributed by atoms with Gasteiger partial charge in [-0.2, -0.15) is 0 Å².